The van der Waals surface area contributed by atoms with Crippen molar-refractivity contribution >= 4 is 29.9 Å². The first kappa shape index (κ1) is 17.2. The number of hydrogen-bond acceptors (Lipinski definition) is 2. The second kappa shape index (κ2) is 7.62. The van der Waals surface area contributed by atoms with E-state index < -0.39 is 0 Å². The molecule has 2 unspecified atom stereocenters. The zero-order valence-corrected chi connectivity index (χ0v) is 12.5. The van der Waals surface area contributed by atoms with E-state index in [1.54, 1.807) is 11.9 Å². The fourth-order valence-electron chi connectivity index (χ4n) is 1.60. The molecule has 3 nitrogen and oxygen atoms in total. The van der Waals surface area contributed by atoms with Crippen LogP contribution in [-0.4, -0.2) is 23.9 Å². The molecule has 0 bridgehead atoms. The number of nitrogens with zero attached hydrogens (tertiary/aromatic N) is 1. The molecule has 5 heteroatoms. The van der Waals surface area contributed by atoms with Crippen LogP contribution in [0.5, 0.6) is 0 Å². The van der Waals surface area contributed by atoms with Gasteiger partial charge in [0.1, 0.15) is 0 Å². The van der Waals surface area contributed by atoms with Crippen molar-refractivity contribution < 1.29 is 4.79 Å². The third-order valence-electron chi connectivity index (χ3n) is 2.82. The van der Waals surface area contributed by atoms with Gasteiger partial charge in [-0.3, -0.25) is 4.79 Å². The molecule has 0 fully saturated rings. The van der Waals surface area contributed by atoms with Crippen molar-refractivity contribution in [2.45, 2.75) is 32.4 Å². The number of rotatable bonds is 4. The number of nitrogens with two attached hydrogens (primary N) is 1. The summed E-state index contributed by atoms with van der Waals surface area (Å²) in [5.74, 6) is 0.0578. The van der Waals surface area contributed by atoms with Crippen molar-refractivity contribution in [3.63, 3.8) is 0 Å². The smallest absolute Gasteiger partial charge is 0.224 e. The molecule has 1 aromatic carbocycles. The van der Waals surface area contributed by atoms with Gasteiger partial charge in [-0.2, -0.15) is 0 Å². The number of carbonyl (C=O) groups excluding carboxylic acids is 1. The van der Waals surface area contributed by atoms with Gasteiger partial charge in [-0.1, -0.05) is 23.7 Å². The summed E-state index contributed by atoms with van der Waals surface area (Å²) in [7, 11) is 1.80. The van der Waals surface area contributed by atoms with Crippen molar-refractivity contribution in [1.29, 1.82) is 0 Å². The normalized spacial score (nSPS) is 13.4. The molecule has 0 aliphatic rings. The predicted molar refractivity (Wildman–Crippen MR) is 78.2 cm³/mol. The van der Waals surface area contributed by atoms with Crippen molar-refractivity contribution in [3.8, 4) is 0 Å². The van der Waals surface area contributed by atoms with Crippen LogP contribution in [0.15, 0.2) is 24.3 Å². The van der Waals surface area contributed by atoms with Gasteiger partial charge in [-0.15, -0.1) is 12.4 Å². The predicted octanol–water partition coefficient (Wildman–Crippen LogP) is 3.02. The van der Waals surface area contributed by atoms with Crippen LogP contribution in [0.25, 0.3) is 0 Å². The minimum absolute atomic E-state index is 0. The van der Waals surface area contributed by atoms with E-state index in [1.807, 2.05) is 38.1 Å². The molecule has 0 aromatic heterocycles. The highest BCUT2D eigenvalue weighted by atomic mass is 35.5. The number of benzene rings is 1. The average molecular weight is 291 g/mol. The van der Waals surface area contributed by atoms with Crippen LogP contribution in [0.4, 0.5) is 0 Å². The van der Waals surface area contributed by atoms with E-state index in [0.717, 1.165) is 5.56 Å². The maximum atomic E-state index is 11.9. The standard InChI is InChI=1S/C13H19ClN2O.ClH/c1-9(15)8-13(17)16(3)10(2)11-4-6-12(14)7-5-11;/h4-7,9-10H,8,15H2,1-3H3;1H. The summed E-state index contributed by atoms with van der Waals surface area (Å²) in [5, 5.41) is 0.700. The first-order valence-corrected chi connectivity index (χ1v) is 6.06. The molecule has 1 amide bonds. The van der Waals surface area contributed by atoms with E-state index in [-0.39, 0.29) is 30.4 Å². The molecule has 102 valence electrons. The molecular formula is C13H20Cl2N2O. The van der Waals surface area contributed by atoms with Crippen molar-refractivity contribution in [2.75, 3.05) is 7.05 Å². The van der Waals surface area contributed by atoms with Crippen LogP contribution in [0.3, 0.4) is 0 Å². The second-order valence-electron chi connectivity index (χ2n) is 4.41. The molecule has 1 rings (SSSR count). The minimum Gasteiger partial charge on any atom is -0.339 e. The van der Waals surface area contributed by atoms with Gasteiger partial charge >= 0.3 is 0 Å². The third-order valence-corrected chi connectivity index (χ3v) is 3.08. The Kier molecular flexibility index (Phi) is 7.29. The summed E-state index contributed by atoms with van der Waals surface area (Å²) in [6.07, 6.45) is 0.369. The highest BCUT2D eigenvalue weighted by Gasteiger charge is 2.17. The molecule has 2 atom stereocenters. The fraction of sp³-hybridized carbons (Fsp3) is 0.462. The molecule has 0 aliphatic carbocycles. The van der Waals surface area contributed by atoms with Gasteiger partial charge in [0, 0.05) is 24.5 Å². The van der Waals surface area contributed by atoms with E-state index in [0.29, 0.717) is 11.4 Å². The zero-order valence-electron chi connectivity index (χ0n) is 10.9. The number of amides is 1. The van der Waals surface area contributed by atoms with Gasteiger partial charge in [0.15, 0.2) is 0 Å². The Hall–Kier alpha value is -0.770. The quantitative estimate of drug-likeness (QED) is 0.927. The molecule has 0 saturated heterocycles. The summed E-state index contributed by atoms with van der Waals surface area (Å²) in [4.78, 5) is 13.6. The molecule has 1 aromatic rings. The Bertz CT molecular complexity index is 379. The van der Waals surface area contributed by atoms with E-state index in [1.165, 1.54) is 0 Å². The Morgan fingerprint density at radius 1 is 1.33 bits per heavy atom. The summed E-state index contributed by atoms with van der Waals surface area (Å²) in [6.45, 7) is 3.82. The summed E-state index contributed by atoms with van der Waals surface area (Å²) >= 11 is 5.83. The Labute approximate surface area is 120 Å². The van der Waals surface area contributed by atoms with E-state index in [2.05, 4.69) is 0 Å². The van der Waals surface area contributed by atoms with Gasteiger partial charge in [-0.05, 0) is 31.5 Å². The van der Waals surface area contributed by atoms with Crippen molar-refractivity contribution in [2.24, 2.45) is 5.73 Å². The average Bonchev–Trinajstić information content (AvgIpc) is 2.27. The van der Waals surface area contributed by atoms with Gasteiger partial charge in [0.05, 0.1) is 6.04 Å². The number of halogens is 2. The Morgan fingerprint density at radius 2 is 1.83 bits per heavy atom. The van der Waals surface area contributed by atoms with E-state index in [9.17, 15) is 4.79 Å². The molecule has 0 saturated carbocycles. The lowest BCUT2D eigenvalue weighted by atomic mass is 10.1. The van der Waals surface area contributed by atoms with Crippen molar-refractivity contribution in [1.82, 2.24) is 4.90 Å². The third kappa shape index (κ3) is 4.84. The first-order chi connectivity index (χ1) is 7.91. The SMILES string of the molecule is CC(N)CC(=O)N(C)C(C)c1ccc(Cl)cc1.Cl. The molecule has 18 heavy (non-hydrogen) atoms. The lowest BCUT2D eigenvalue weighted by molar-refractivity contribution is -0.132. The van der Waals surface area contributed by atoms with Crippen molar-refractivity contribution in [3.05, 3.63) is 34.9 Å². The molecule has 0 spiro atoms. The first-order valence-electron chi connectivity index (χ1n) is 5.68. The molecule has 2 N–H and O–H groups in total. The van der Waals surface area contributed by atoms with Crippen LogP contribution in [0.2, 0.25) is 5.02 Å². The topological polar surface area (TPSA) is 46.3 Å². The minimum atomic E-state index is -0.109. The summed E-state index contributed by atoms with van der Waals surface area (Å²) < 4.78 is 0. The maximum Gasteiger partial charge on any atom is 0.224 e. The molecule has 0 radical (unpaired) electrons. The van der Waals surface area contributed by atoms with Gasteiger partial charge < -0.3 is 10.6 Å². The van der Waals surface area contributed by atoms with Gasteiger partial charge in [-0.25, -0.2) is 0 Å². The van der Waals surface area contributed by atoms with Crippen LogP contribution < -0.4 is 5.73 Å². The Morgan fingerprint density at radius 3 is 2.28 bits per heavy atom. The molecule has 0 aliphatic heterocycles. The highest BCUT2D eigenvalue weighted by Crippen LogP contribution is 2.21. The molecule has 0 heterocycles. The van der Waals surface area contributed by atoms with E-state index >= 15 is 0 Å². The number of carbonyl (C=O) groups is 1. The summed E-state index contributed by atoms with van der Waals surface area (Å²) in [5.41, 5.74) is 6.69. The van der Waals surface area contributed by atoms with Crippen LogP contribution in [-0.2, 0) is 4.79 Å². The van der Waals surface area contributed by atoms with Gasteiger partial charge in [0.25, 0.3) is 0 Å². The van der Waals surface area contributed by atoms with Crippen LogP contribution >= 0.6 is 24.0 Å². The maximum absolute atomic E-state index is 11.9. The largest absolute Gasteiger partial charge is 0.339 e. The lowest BCUT2D eigenvalue weighted by Gasteiger charge is -2.26. The highest BCUT2D eigenvalue weighted by molar-refractivity contribution is 6.30. The fourth-order valence-corrected chi connectivity index (χ4v) is 1.73. The zero-order chi connectivity index (χ0) is 13.0. The van der Waals surface area contributed by atoms with Crippen LogP contribution in [0.1, 0.15) is 31.9 Å². The van der Waals surface area contributed by atoms with E-state index in [4.69, 9.17) is 17.3 Å². The monoisotopic (exact) mass is 290 g/mol. The van der Waals surface area contributed by atoms with Gasteiger partial charge in [0.2, 0.25) is 5.91 Å². The molecular weight excluding hydrogens is 271 g/mol. The lowest BCUT2D eigenvalue weighted by Crippen LogP contribution is -2.33. The Balaban J connectivity index is 0.00000289. The second-order valence-corrected chi connectivity index (χ2v) is 4.85. The van der Waals surface area contributed by atoms with Crippen LogP contribution in [0, 0.1) is 0 Å². The number of hydrogen-bond donors (Lipinski definition) is 1. The summed E-state index contributed by atoms with van der Waals surface area (Å²) in [6, 6.07) is 7.45.